The van der Waals surface area contributed by atoms with Gasteiger partial charge in [0.05, 0.1) is 0 Å². The van der Waals surface area contributed by atoms with E-state index in [0.29, 0.717) is 5.92 Å². The molecule has 0 spiro atoms. The molecule has 0 fully saturated rings. The van der Waals surface area contributed by atoms with Crippen LogP contribution in [0.15, 0.2) is 54.6 Å². The highest BCUT2D eigenvalue weighted by molar-refractivity contribution is 5.84. The maximum Gasteiger partial charge on any atom is 0.123 e. The van der Waals surface area contributed by atoms with Crippen molar-refractivity contribution in [2.75, 3.05) is 0 Å². The summed E-state index contributed by atoms with van der Waals surface area (Å²) in [6.45, 7) is 2.26. The fraction of sp³-hybridized carbons (Fsp3) is 0.385. The van der Waals surface area contributed by atoms with Crippen LogP contribution in [0.25, 0.3) is 10.8 Å². The van der Waals surface area contributed by atoms with E-state index in [1.807, 2.05) is 6.07 Å². The zero-order valence-corrected chi connectivity index (χ0v) is 16.3. The van der Waals surface area contributed by atoms with Gasteiger partial charge in [0.1, 0.15) is 5.82 Å². The van der Waals surface area contributed by atoms with Gasteiger partial charge < -0.3 is 0 Å². The second-order valence-electron chi connectivity index (χ2n) is 8.10. The van der Waals surface area contributed by atoms with Gasteiger partial charge in [0.2, 0.25) is 0 Å². The third-order valence-corrected chi connectivity index (χ3v) is 6.12. The first-order valence-electron chi connectivity index (χ1n) is 10.5. The van der Waals surface area contributed by atoms with Crippen molar-refractivity contribution in [3.05, 3.63) is 82.7 Å². The molecule has 1 aliphatic carbocycles. The number of aryl methyl sites for hydroxylation is 2. The highest BCUT2D eigenvalue weighted by atomic mass is 19.1. The van der Waals surface area contributed by atoms with Crippen molar-refractivity contribution in [1.29, 1.82) is 0 Å². The lowest BCUT2D eigenvalue weighted by molar-refractivity contribution is 0.573. The summed E-state index contributed by atoms with van der Waals surface area (Å²) in [6, 6.07) is 19.2. The number of unbranched alkanes of at least 4 members (excludes halogenated alkanes) is 3. The van der Waals surface area contributed by atoms with Crippen LogP contribution in [0.3, 0.4) is 0 Å². The molecule has 4 rings (SSSR count). The van der Waals surface area contributed by atoms with E-state index in [9.17, 15) is 4.39 Å². The number of hydrogen-bond acceptors (Lipinski definition) is 0. The molecule has 0 amide bonds. The molecule has 27 heavy (non-hydrogen) atoms. The molecule has 3 aromatic carbocycles. The average Bonchev–Trinajstić information content (AvgIpc) is 2.70. The predicted molar refractivity (Wildman–Crippen MR) is 113 cm³/mol. The van der Waals surface area contributed by atoms with Gasteiger partial charge in [-0.3, -0.25) is 0 Å². The molecule has 1 unspecified atom stereocenters. The van der Waals surface area contributed by atoms with Gasteiger partial charge in [0, 0.05) is 0 Å². The number of benzene rings is 3. The number of rotatable bonds is 6. The molecule has 0 heterocycles. The van der Waals surface area contributed by atoms with Crippen LogP contribution in [0, 0.1) is 5.82 Å². The van der Waals surface area contributed by atoms with E-state index >= 15 is 0 Å². The Hall–Kier alpha value is -2.15. The Balaban J connectivity index is 1.49. The van der Waals surface area contributed by atoms with Crippen LogP contribution in [0.1, 0.15) is 67.2 Å². The van der Waals surface area contributed by atoms with Gasteiger partial charge in [0.25, 0.3) is 0 Å². The summed E-state index contributed by atoms with van der Waals surface area (Å²) in [6.07, 6.45) is 9.56. The smallest absolute Gasteiger partial charge is 0.123 e. The Morgan fingerprint density at radius 3 is 2.59 bits per heavy atom. The molecular weight excluding hydrogens is 331 g/mol. The Bertz CT molecular complexity index is 925. The third-order valence-electron chi connectivity index (χ3n) is 6.12. The Morgan fingerprint density at radius 2 is 1.70 bits per heavy atom. The Labute approximate surface area is 162 Å². The topological polar surface area (TPSA) is 0 Å². The number of halogens is 1. The van der Waals surface area contributed by atoms with Gasteiger partial charge in [-0.2, -0.15) is 0 Å². The lowest BCUT2D eigenvalue weighted by Gasteiger charge is -2.25. The van der Waals surface area contributed by atoms with Crippen molar-refractivity contribution in [2.45, 2.75) is 64.2 Å². The van der Waals surface area contributed by atoms with E-state index < -0.39 is 0 Å². The highest BCUT2D eigenvalue weighted by Crippen LogP contribution is 2.34. The van der Waals surface area contributed by atoms with E-state index in [1.165, 1.54) is 65.1 Å². The van der Waals surface area contributed by atoms with Gasteiger partial charge in [-0.25, -0.2) is 4.39 Å². The molecule has 0 radical (unpaired) electrons. The van der Waals surface area contributed by atoms with Gasteiger partial charge >= 0.3 is 0 Å². The van der Waals surface area contributed by atoms with Crippen molar-refractivity contribution in [2.24, 2.45) is 0 Å². The largest absolute Gasteiger partial charge is 0.207 e. The monoisotopic (exact) mass is 360 g/mol. The number of hydrogen-bond donors (Lipinski definition) is 0. The van der Waals surface area contributed by atoms with Crippen molar-refractivity contribution < 1.29 is 4.39 Å². The van der Waals surface area contributed by atoms with E-state index in [1.54, 1.807) is 12.1 Å². The van der Waals surface area contributed by atoms with Crippen LogP contribution >= 0.6 is 0 Å². The van der Waals surface area contributed by atoms with Gasteiger partial charge in [-0.05, 0) is 83.2 Å². The van der Waals surface area contributed by atoms with E-state index in [2.05, 4.69) is 43.3 Å². The van der Waals surface area contributed by atoms with Crippen LogP contribution < -0.4 is 0 Å². The van der Waals surface area contributed by atoms with Crippen molar-refractivity contribution in [3.63, 3.8) is 0 Å². The second-order valence-corrected chi connectivity index (χ2v) is 8.10. The van der Waals surface area contributed by atoms with Crippen LogP contribution in [-0.4, -0.2) is 0 Å². The molecule has 1 atom stereocenters. The zero-order valence-electron chi connectivity index (χ0n) is 16.3. The minimum Gasteiger partial charge on any atom is -0.207 e. The van der Waals surface area contributed by atoms with Crippen LogP contribution in [0.5, 0.6) is 0 Å². The molecule has 3 aromatic rings. The Kier molecular flexibility index (Phi) is 5.57. The second kappa shape index (κ2) is 8.25. The molecule has 0 aromatic heterocycles. The zero-order chi connectivity index (χ0) is 18.6. The van der Waals surface area contributed by atoms with Crippen LogP contribution in [0.2, 0.25) is 0 Å². The third kappa shape index (κ3) is 4.24. The normalized spacial score (nSPS) is 16.4. The van der Waals surface area contributed by atoms with Crippen LogP contribution in [-0.2, 0) is 19.3 Å². The lowest BCUT2D eigenvalue weighted by Crippen LogP contribution is -2.13. The predicted octanol–water partition coefficient (Wildman–Crippen LogP) is 7.37. The van der Waals surface area contributed by atoms with E-state index in [-0.39, 0.29) is 5.82 Å². The first-order chi connectivity index (χ1) is 13.2. The molecule has 140 valence electrons. The molecule has 0 bridgehead atoms. The first-order valence-corrected chi connectivity index (χ1v) is 10.5. The summed E-state index contributed by atoms with van der Waals surface area (Å²) in [7, 11) is 0. The first kappa shape index (κ1) is 18.2. The van der Waals surface area contributed by atoms with Gasteiger partial charge in [0.15, 0.2) is 0 Å². The standard InChI is InChI=1S/C26H29F/c1-2-3-4-5-6-19-7-8-21-16-22(10-9-20(21)15-19)23-11-12-25-18-26(27)14-13-24(25)17-23/h7-10,13-16,18,23H,2-6,11-12,17H2,1H3. The van der Waals surface area contributed by atoms with Crippen molar-refractivity contribution in [3.8, 4) is 0 Å². The lowest BCUT2D eigenvalue weighted by atomic mass is 9.80. The maximum atomic E-state index is 13.4. The van der Waals surface area contributed by atoms with E-state index in [4.69, 9.17) is 0 Å². The molecule has 0 nitrogen and oxygen atoms in total. The molecular formula is C26H29F. The summed E-state index contributed by atoms with van der Waals surface area (Å²) in [5, 5.41) is 2.69. The fourth-order valence-electron chi connectivity index (χ4n) is 4.49. The summed E-state index contributed by atoms with van der Waals surface area (Å²) >= 11 is 0. The van der Waals surface area contributed by atoms with Crippen LogP contribution in [0.4, 0.5) is 4.39 Å². The molecule has 0 saturated heterocycles. The minimum absolute atomic E-state index is 0.108. The van der Waals surface area contributed by atoms with Crippen molar-refractivity contribution >= 4 is 10.8 Å². The average molecular weight is 361 g/mol. The summed E-state index contributed by atoms with van der Waals surface area (Å²) in [5.41, 5.74) is 5.39. The van der Waals surface area contributed by atoms with Crippen molar-refractivity contribution in [1.82, 2.24) is 0 Å². The SMILES string of the molecule is CCCCCCc1ccc2cc(C3CCc4cc(F)ccc4C3)ccc2c1. The Morgan fingerprint density at radius 1 is 0.852 bits per heavy atom. The van der Waals surface area contributed by atoms with Gasteiger partial charge in [-0.1, -0.05) is 68.7 Å². The molecule has 1 aliphatic rings. The quantitative estimate of drug-likeness (QED) is 0.402. The van der Waals surface area contributed by atoms with Gasteiger partial charge in [-0.15, -0.1) is 0 Å². The summed E-state index contributed by atoms with van der Waals surface area (Å²) < 4.78 is 13.4. The molecule has 1 heteroatoms. The van der Waals surface area contributed by atoms with E-state index in [0.717, 1.165) is 19.3 Å². The number of fused-ring (bicyclic) bond motifs is 2. The summed E-state index contributed by atoms with van der Waals surface area (Å²) in [4.78, 5) is 0. The summed E-state index contributed by atoms with van der Waals surface area (Å²) in [5.74, 6) is 0.435. The highest BCUT2D eigenvalue weighted by Gasteiger charge is 2.20. The molecule has 0 saturated carbocycles. The molecule has 0 aliphatic heterocycles. The molecule has 0 N–H and O–H groups in total. The minimum atomic E-state index is -0.108. The fourth-order valence-corrected chi connectivity index (χ4v) is 4.49. The maximum absolute atomic E-state index is 13.4.